The van der Waals surface area contributed by atoms with Gasteiger partial charge in [-0.1, -0.05) is 30.8 Å². The number of rotatable bonds is 5. The molecule has 0 saturated carbocycles. The molecule has 0 spiro atoms. The normalized spacial score (nSPS) is 10.0. The number of aliphatic hydroxyl groups excluding tert-OH is 1. The van der Waals surface area contributed by atoms with Gasteiger partial charge in [-0.3, -0.25) is 9.59 Å². The van der Waals surface area contributed by atoms with Gasteiger partial charge >= 0.3 is 0 Å². The Balaban J connectivity index is 2.12. The number of nitrogens with one attached hydrogen (secondary N) is 1. The number of carbonyl (C=O) groups excluding carboxylic acids is 2. The molecule has 0 aromatic heterocycles. The lowest BCUT2D eigenvalue weighted by molar-refractivity contribution is 0.0949. The predicted octanol–water partition coefficient (Wildman–Crippen LogP) is 3.10. The van der Waals surface area contributed by atoms with E-state index in [1.54, 1.807) is 24.3 Å². The van der Waals surface area contributed by atoms with Crippen molar-refractivity contribution in [3.63, 3.8) is 0 Å². The minimum absolute atomic E-state index is 0.0498. The molecule has 0 unspecified atom stereocenters. The quantitative estimate of drug-likeness (QED) is 0.658. The summed E-state index contributed by atoms with van der Waals surface area (Å²) in [6.45, 7) is 3.57. The predicted molar refractivity (Wildman–Crippen MR) is 81.1 cm³/mol. The van der Waals surface area contributed by atoms with Crippen LogP contribution in [0, 0.1) is 5.82 Å². The SMILES string of the molecule is C=C(O)c1cc(F)ccc1C(=O)NCc1ccc(C=O)cc1. The number of hydrogen-bond donors (Lipinski definition) is 2. The van der Waals surface area contributed by atoms with E-state index in [-0.39, 0.29) is 23.4 Å². The molecular formula is C17H14FNO3. The fourth-order valence-electron chi connectivity index (χ4n) is 1.94. The Hall–Kier alpha value is -2.95. The smallest absolute Gasteiger partial charge is 0.252 e. The maximum Gasteiger partial charge on any atom is 0.252 e. The molecule has 0 saturated heterocycles. The molecular weight excluding hydrogens is 285 g/mol. The van der Waals surface area contributed by atoms with Crippen LogP contribution in [-0.2, 0) is 6.54 Å². The summed E-state index contributed by atoms with van der Waals surface area (Å²) >= 11 is 0. The zero-order valence-electron chi connectivity index (χ0n) is 11.7. The van der Waals surface area contributed by atoms with Gasteiger partial charge < -0.3 is 10.4 Å². The zero-order chi connectivity index (χ0) is 16.1. The van der Waals surface area contributed by atoms with E-state index in [1.165, 1.54) is 6.07 Å². The summed E-state index contributed by atoms with van der Waals surface area (Å²) < 4.78 is 13.2. The average Bonchev–Trinajstić information content (AvgIpc) is 2.53. The van der Waals surface area contributed by atoms with Gasteiger partial charge in [0.25, 0.3) is 5.91 Å². The monoisotopic (exact) mass is 299 g/mol. The molecule has 22 heavy (non-hydrogen) atoms. The van der Waals surface area contributed by atoms with Crippen LogP contribution in [0.5, 0.6) is 0 Å². The molecule has 4 nitrogen and oxygen atoms in total. The molecule has 112 valence electrons. The van der Waals surface area contributed by atoms with Crippen molar-refractivity contribution in [3.8, 4) is 0 Å². The van der Waals surface area contributed by atoms with E-state index < -0.39 is 11.7 Å². The van der Waals surface area contributed by atoms with Crippen LogP contribution in [0.4, 0.5) is 4.39 Å². The Morgan fingerprint density at radius 3 is 2.45 bits per heavy atom. The van der Waals surface area contributed by atoms with Gasteiger partial charge in [0.15, 0.2) is 0 Å². The number of benzene rings is 2. The largest absolute Gasteiger partial charge is 0.508 e. The van der Waals surface area contributed by atoms with Gasteiger partial charge in [-0.05, 0) is 23.8 Å². The van der Waals surface area contributed by atoms with Gasteiger partial charge in [-0.2, -0.15) is 0 Å². The van der Waals surface area contributed by atoms with Crippen LogP contribution >= 0.6 is 0 Å². The van der Waals surface area contributed by atoms with Gasteiger partial charge in [0.05, 0.1) is 5.56 Å². The van der Waals surface area contributed by atoms with Crippen LogP contribution in [-0.4, -0.2) is 17.3 Å². The highest BCUT2D eigenvalue weighted by Crippen LogP contribution is 2.17. The summed E-state index contributed by atoms with van der Waals surface area (Å²) in [4.78, 5) is 22.7. The van der Waals surface area contributed by atoms with Gasteiger partial charge in [-0.15, -0.1) is 0 Å². The van der Waals surface area contributed by atoms with Crippen LogP contribution in [0.2, 0.25) is 0 Å². The maximum atomic E-state index is 13.2. The van der Waals surface area contributed by atoms with Crippen LogP contribution in [0.25, 0.3) is 5.76 Å². The van der Waals surface area contributed by atoms with Gasteiger partial charge in [0, 0.05) is 17.7 Å². The van der Waals surface area contributed by atoms with Gasteiger partial charge in [-0.25, -0.2) is 4.39 Å². The second-order valence-electron chi connectivity index (χ2n) is 4.68. The van der Waals surface area contributed by atoms with E-state index in [0.717, 1.165) is 24.0 Å². The first kappa shape index (κ1) is 15.4. The first-order chi connectivity index (χ1) is 10.5. The molecule has 0 aliphatic carbocycles. The van der Waals surface area contributed by atoms with Crippen molar-refractivity contribution in [3.05, 3.63) is 77.1 Å². The third-order valence-corrected chi connectivity index (χ3v) is 3.11. The Labute approximate surface area is 126 Å². The summed E-state index contributed by atoms with van der Waals surface area (Å²) in [5.41, 5.74) is 1.55. The summed E-state index contributed by atoms with van der Waals surface area (Å²) in [5, 5.41) is 12.1. The molecule has 0 heterocycles. The maximum absolute atomic E-state index is 13.2. The molecule has 0 bridgehead atoms. The van der Waals surface area contributed by atoms with Crippen molar-refractivity contribution in [1.29, 1.82) is 0 Å². The molecule has 2 N–H and O–H groups in total. The highest BCUT2D eigenvalue weighted by molar-refractivity contribution is 5.98. The zero-order valence-corrected chi connectivity index (χ0v) is 11.7. The Morgan fingerprint density at radius 1 is 1.18 bits per heavy atom. The Kier molecular flexibility index (Phi) is 4.68. The first-order valence-electron chi connectivity index (χ1n) is 6.51. The third-order valence-electron chi connectivity index (χ3n) is 3.11. The van der Waals surface area contributed by atoms with Crippen LogP contribution in [0.1, 0.15) is 31.8 Å². The molecule has 5 heteroatoms. The van der Waals surface area contributed by atoms with E-state index in [0.29, 0.717) is 5.56 Å². The highest BCUT2D eigenvalue weighted by Gasteiger charge is 2.14. The molecule has 2 aromatic rings. The molecule has 0 aliphatic rings. The minimum Gasteiger partial charge on any atom is -0.508 e. The lowest BCUT2D eigenvalue weighted by Gasteiger charge is -2.10. The van der Waals surface area contributed by atoms with Gasteiger partial charge in [0.1, 0.15) is 17.9 Å². The lowest BCUT2D eigenvalue weighted by atomic mass is 10.0. The van der Waals surface area contributed by atoms with Crippen LogP contribution in [0.3, 0.4) is 0 Å². The summed E-state index contributed by atoms with van der Waals surface area (Å²) in [6.07, 6.45) is 0.736. The Bertz CT molecular complexity index is 723. The minimum atomic E-state index is -0.564. The van der Waals surface area contributed by atoms with Gasteiger partial charge in [0.2, 0.25) is 0 Å². The molecule has 2 rings (SSSR count). The number of aldehydes is 1. The van der Waals surface area contributed by atoms with Crippen molar-refractivity contribution in [2.24, 2.45) is 0 Å². The number of carbonyl (C=O) groups is 2. The summed E-state index contributed by atoms with van der Waals surface area (Å²) in [5.74, 6) is -1.39. The van der Waals surface area contributed by atoms with Crippen molar-refractivity contribution in [2.45, 2.75) is 6.54 Å². The molecule has 2 aromatic carbocycles. The molecule has 0 radical (unpaired) electrons. The highest BCUT2D eigenvalue weighted by atomic mass is 19.1. The third kappa shape index (κ3) is 3.58. The van der Waals surface area contributed by atoms with Crippen LogP contribution < -0.4 is 5.32 Å². The van der Waals surface area contributed by atoms with Crippen molar-refractivity contribution < 1.29 is 19.1 Å². The summed E-state index contributed by atoms with van der Waals surface area (Å²) in [6, 6.07) is 10.2. The number of hydrogen-bond acceptors (Lipinski definition) is 3. The van der Waals surface area contributed by atoms with Crippen molar-refractivity contribution in [1.82, 2.24) is 5.32 Å². The van der Waals surface area contributed by atoms with E-state index >= 15 is 0 Å². The second-order valence-corrected chi connectivity index (χ2v) is 4.68. The van der Waals surface area contributed by atoms with Crippen LogP contribution in [0.15, 0.2) is 49.0 Å². The first-order valence-corrected chi connectivity index (χ1v) is 6.51. The lowest BCUT2D eigenvalue weighted by Crippen LogP contribution is -2.24. The van der Waals surface area contributed by atoms with E-state index in [9.17, 15) is 19.1 Å². The fraction of sp³-hybridized carbons (Fsp3) is 0.0588. The molecule has 0 atom stereocenters. The number of aliphatic hydroxyl groups is 1. The number of amides is 1. The average molecular weight is 299 g/mol. The van der Waals surface area contributed by atoms with E-state index in [2.05, 4.69) is 11.9 Å². The number of halogens is 1. The molecule has 0 fully saturated rings. The summed E-state index contributed by atoms with van der Waals surface area (Å²) in [7, 11) is 0. The van der Waals surface area contributed by atoms with E-state index in [1.807, 2.05) is 0 Å². The van der Waals surface area contributed by atoms with Crippen molar-refractivity contribution in [2.75, 3.05) is 0 Å². The molecule has 1 amide bonds. The van der Waals surface area contributed by atoms with E-state index in [4.69, 9.17) is 0 Å². The Morgan fingerprint density at radius 2 is 1.86 bits per heavy atom. The standard InChI is InChI=1S/C17H14FNO3/c1-11(21)16-8-14(18)6-7-15(16)17(22)19-9-12-2-4-13(10-20)5-3-12/h2-8,10,21H,1,9H2,(H,19,22). The fourth-order valence-corrected chi connectivity index (χ4v) is 1.94. The second kappa shape index (κ2) is 6.67. The van der Waals surface area contributed by atoms with Crippen molar-refractivity contribution >= 4 is 18.0 Å². The topological polar surface area (TPSA) is 66.4 Å². The molecule has 0 aliphatic heterocycles.